The third-order valence-corrected chi connectivity index (χ3v) is 5.74. The van der Waals surface area contributed by atoms with E-state index in [2.05, 4.69) is 24.4 Å². The summed E-state index contributed by atoms with van der Waals surface area (Å²) in [6.07, 6.45) is 1.72. The molecule has 1 N–H and O–H groups in total. The van der Waals surface area contributed by atoms with E-state index in [1.165, 1.54) is 11.1 Å². The highest BCUT2D eigenvalue weighted by Gasteiger charge is 2.35. The lowest BCUT2D eigenvalue weighted by atomic mass is 10.1. The molecule has 1 aliphatic carbocycles. The number of hydrogen-bond acceptors (Lipinski definition) is 4. The molecule has 5 heteroatoms. The number of rotatable bonds is 8. The molecule has 0 saturated heterocycles. The van der Waals surface area contributed by atoms with Gasteiger partial charge in [0, 0.05) is 36.3 Å². The van der Waals surface area contributed by atoms with Crippen molar-refractivity contribution in [3.8, 4) is 5.75 Å². The lowest BCUT2D eigenvalue weighted by Crippen LogP contribution is -2.33. The predicted octanol–water partition coefficient (Wildman–Crippen LogP) is 2.06. The zero-order valence-electron chi connectivity index (χ0n) is 13.1. The molecule has 1 aromatic rings. The molecule has 1 aliphatic rings. The van der Waals surface area contributed by atoms with Gasteiger partial charge in [0.15, 0.2) is 0 Å². The highest BCUT2D eigenvalue weighted by molar-refractivity contribution is 7.85. The molecule has 0 aromatic heterocycles. The molecule has 0 aliphatic heterocycles. The molecule has 0 radical (unpaired) electrons. The minimum Gasteiger partial charge on any atom is -0.497 e. The molecule has 0 amide bonds. The monoisotopic (exact) mass is 311 g/mol. The number of fused-ring (bicyclic) bond motifs is 1. The Balaban J connectivity index is 2.14. The average Bonchev–Trinajstić information content (AvgIpc) is 2.86. The van der Waals surface area contributed by atoms with Crippen molar-refractivity contribution in [3.63, 3.8) is 0 Å². The van der Waals surface area contributed by atoms with Crippen LogP contribution in [0.5, 0.6) is 5.75 Å². The Morgan fingerprint density at radius 1 is 1.38 bits per heavy atom. The maximum Gasteiger partial charge on any atom is 0.119 e. The van der Waals surface area contributed by atoms with Gasteiger partial charge in [-0.1, -0.05) is 13.0 Å². The molecule has 0 heterocycles. The van der Waals surface area contributed by atoms with Gasteiger partial charge in [-0.3, -0.25) is 4.21 Å². The fourth-order valence-electron chi connectivity index (χ4n) is 2.91. The van der Waals surface area contributed by atoms with E-state index in [0.717, 1.165) is 25.1 Å². The van der Waals surface area contributed by atoms with E-state index in [9.17, 15) is 4.21 Å². The molecule has 21 heavy (non-hydrogen) atoms. The average molecular weight is 311 g/mol. The second kappa shape index (κ2) is 7.92. The summed E-state index contributed by atoms with van der Waals surface area (Å²) >= 11 is 0. The summed E-state index contributed by atoms with van der Waals surface area (Å²) in [6, 6.07) is 6.32. The Kier molecular flexibility index (Phi) is 6.21. The van der Waals surface area contributed by atoms with E-state index in [0.29, 0.717) is 12.4 Å². The topological polar surface area (TPSA) is 47.6 Å². The quantitative estimate of drug-likeness (QED) is 0.747. The highest BCUT2D eigenvalue weighted by Crippen LogP contribution is 2.36. The molecular weight excluding hydrogens is 286 g/mol. The van der Waals surface area contributed by atoms with Gasteiger partial charge < -0.3 is 14.8 Å². The standard InChI is InChI=1S/C16H25NO3S/c1-4-17-16-14-11-13(20-3)7-6-12(14)10-15(16)21(18)9-5-8-19-2/h6-7,11,15-17H,4-5,8-10H2,1-3H3. The Morgan fingerprint density at radius 3 is 2.86 bits per heavy atom. The van der Waals surface area contributed by atoms with Gasteiger partial charge in [-0.25, -0.2) is 0 Å². The van der Waals surface area contributed by atoms with Crippen LogP contribution in [0.1, 0.15) is 30.5 Å². The molecule has 0 spiro atoms. The first kappa shape index (κ1) is 16.5. The summed E-state index contributed by atoms with van der Waals surface area (Å²) in [4.78, 5) is 0. The number of benzene rings is 1. The first-order chi connectivity index (χ1) is 10.2. The Bertz CT molecular complexity index is 492. The first-order valence-corrected chi connectivity index (χ1v) is 8.85. The van der Waals surface area contributed by atoms with Gasteiger partial charge in [-0.05, 0) is 42.6 Å². The van der Waals surface area contributed by atoms with Gasteiger partial charge in [0.1, 0.15) is 5.75 Å². The van der Waals surface area contributed by atoms with Crippen LogP contribution in [-0.2, 0) is 22.0 Å². The minimum atomic E-state index is -0.847. The van der Waals surface area contributed by atoms with Crippen molar-refractivity contribution in [3.05, 3.63) is 29.3 Å². The molecule has 0 bridgehead atoms. The largest absolute Gasteiger partial charge is 0.497 e. The Hall–Kier alpha value is -0.910. The molecule has 2 rings (SSSR count). The Morgan fingerprint density at radius 2 is 2.19 bits per heavy atom. The van der Waals surface area contributed by atoms with E-state index in [1.54, 1.807) is 14.2 Å². The molecule has 4 nitrogen and oxygen atoms in total. The molecule has 3 unspecified atom stereocenters. The van der Waals surface area contributed by atoms with Crippen LogP contribution in [0.4, 0.5) is 0 Å². The Labute approximate surface area is 129 Å². The summed E-state index contributed by atoms with van der Waals surface area (Å²) in [5.74, 6) is 1.56. The van der Waals surface area contributed by atoms with Crippen molar-refractivity contribution in [1.82, 2.24) is 5.32 Å². The van der Waals surface area contributed by atoms with Gasteiger partial charge in [-0.15, -0.1) is 0 Å². The SMILES string of the molecule is CCNC1c2cc(OC)ccc2CC1S(=O)CCCOC. The number of hydrogen-bond donors (Lipinski definition) is 1. The van der Waals surface area contributed by atoms with Gasteiger partial charge in [0.25, 0.3) is 0 Å². The van der Waals surface area contributed by atoms with Crippen molar-refractivity contribution in [2.45, 2.75) is 31.1 Å². The second-order valence-electron chi connectivity index (χ2n) is 5.27. The van der Waals surface area contributed by atoms with Gasteiger partial charge in [0.2, 0.25) is 0 Å². The van der Waals surface area contributed by atoms with Crippen LogP contribution in [-0.4, -0.2) is 42.6 Å². The summed E-state index contributed by atoms with van der Waals surface area (Å²) in [6.45, 7) is 3.63. The maximum absolute atomic E-state index is 12.6. The van der Waals surface area contributed by atoms with E-state index in [4.69, 9.17) is 9.47 Å². The van der Waals surface area contributed by atoms with Crippen LogP contribution in [0.3, 0.4) is 0 Å². The first-order valence-electron chi connectivity index (χ1n) is 7.47. The summed E-state index contributed by atoms with van der Waals surface area (Å²) in [5.41, 5.74) is 2.52. The zero-order valence-corrected chi connectivity index (χ0v) is 13.9. The molecule has 3 atom stereocenters. The smallest absolute Gasteiger partial charge is 0.119 e. The highest BCUT2D eigenvalue weighted by atomic mass is 32.2. The van der Waals surface area contributed by atoms with Crippen molar-refractivity contribution < 1.29 is 13.7 Å². The zero-order chi connectivity index (χ0) is 15.2. The molecule has 118 valence electrons. The van der Waals surface area contributed by atoms with E-state index >= 15 is 0 Å². The number of methoxy groups -OCH3 is 2. The third kappa shape index (κ3) is 3.84. The van der Waals surface area contributed by atoms with E-state index in [-0.39, 0.29) is 11.3 Å². The third-order valence-electron chi connectivity index (χ3n) is 3.94. The van der Waals surface area contributed by atoms with Crippen molar-refractivity contribution in [1.29, 1.82) is 0 Å². The van der Waals surface area contributed by atoms with E-state index in [1.807, 2.05) is 6.07 Å². The van der Waals surface area contributed by atoms with Crippen LogP contribution < -0.4 is 10.1 Å². The number of ether oxygens (including phenoxy) is 2. The lowest BCUT2D eigenvalue weighted by molar-refractivity contribution is 0.200. The van der Waals surface area contributed by atoms with Crippen LogP contribution in [0.2, 0.25) is 0 Å². The normalized spacial score (nSPS) is 22.0. The molecule has 1 aromatic carbocycles. The number of nitrogens with one attached hydrogen (secondary N) is 1. The van der Waals surface area contributed by atoms with Crippen LogP contribution in [0.15, 0.2) is 18.2 Å². The molecule has 0 saturated carbocycles. The van der Waals surface area contributed by atoms with Crippen molar-refractivity contribution in [2.75, 3.05) is 33.1 Å². The predicted molar refractivity (Wildman–Crippen MR) is 86.4 cm³/mol. The fourth-order valence-corrected chi connectivity index (χ4v) is 4.53. The minimum absolute atomic E-state index is 0.143. The van der Waals surface area contributed by atoms with Crippen LogP contribution in [0, 0.1) is 0 Å². The van der Waals surface area contributed by atoms with Gasteiger partial charge in [0.05, 0.1) is 12.4 Å². The van der Waals surface area contributed by atoms with Crippen molar-refractivity contribution >= 4 is 10.8 Å². The lowest BCUT2D eigenvalue weighted by Gasteiger charge is -2.21. The molecule has 0 fully saturated rings. The summed E-state index contributed by atoms with van der Waals surface area (Å²) in [5, 5.41) is 3.64. The van der Waals surface area contributed by atoms with Gasteiger partial charge in [-0.2, -0.15) is 0 Å². The van der Waals surface area contributed by atoms with E-state index < -0.39 is 10.8 Å². The van der Waals surface area contributed by atoms with Crippen LogP contribution in [0.25, 0.3) is 0 Å². The fraction of sp³-hybridized carbons (Fsp3) is 0.625. The second-order valence-corrected chi connectivity index (χ2v) is 7.05. The van der Waals surface area contributed by atoms with Crippen molar-refractivity contribution in [2.24, 2.45) is 0 Å². The summed E-state index contributed by atoms with van der Waals surface area (Å²) < 4.78 is 23.0. The van der Waals surface area contributed by atoms with Crippen LogP contribution >= 0.6 is 0 Å². The van der Waals surface area contributed by atoms with Gasteiger partial charge >= 0.3 is 0 Å². The maximum atomic E-state index is 12.6. The summed E-state index contributed by atoms with van der Waals surface area (Å²) in [7, 11) is 2.52. The molecular formula is C16H25NO3S.